The second-order valence-electron chi connectivity index (χ2n) is 26.4. The maximum atomic E-state index is 2.97. The molecule has 2 fully saturated rings. The quantitative estimate of drug-likeness (QED) is 0.140. The Morgan fingerprint density at radius 2 is 0.618 bits per heavy atom. The first-order valence-corrected chi connectivity index (χ1v) is 32.9. The second kappa shape index (κ2) is 20.7. The van der Waals surface area contributed by atoms with Crippen molar-refractivity contribution in [3.63, 3.8) is 0 Å². The molecule has 0 radical (unpaired) electrons. The van der Waals surface area contributed by atoms with Gasteiger partial charge in [-0.05, 0) is 173 Å². The van der Waals surface area contributed by atoms with Gasteiger partial charge in [0, 0.05) is 91.4 Å². The Hall–Kier alpha value is -9.65. The summed E-state index contributed by atoms with van der Waals surface area (Å²) in [4.78, 5) is 16.0. The fraction of sp³-hybridized carbons (Fsp3) is 0.185. The normalized spacial score (nSPS) is 16.7. The van der Waals surface area contributed by atoms with Crippen LogP contribution < -0.4 is 62.2 Å². The van der Waals surface area contributed by atoms with Crippen molar-refractivity contribution in [2.45, 2.75) is 95.6 Å². The second-order valence-corrected chi connectivity index (χ2v) is 26.4. The molecule has 5 aliphatic heterocycles. The van der Waals surface area contributed by atoms with Crippen LogP contribution in [0, 0.1) is 0 Å². The van der Waals surface area contributed by atoms with E-state index in [2.05, 4.69) is 298 Å². The van der Waals surface area contributed by atoms with E-state index in [1.54, 1.807) is 0 Å². The van der Waals surface area contributed by atoms with Gasteiger partial charge in [-0.2, -0.15) is 0 Å². The van der Waals surface area contributed by atoms with Crippen LogP contribution >= 0.6 is 0 Å². The monoisotopic (exact) mass is 1150 g/mol. The summed E-state index contributed by atoms with van der Waals surface area (Å²) in [5, 5.41) is 0. The van der Waals surface area contributed by atoms with Crippen molar-refractivity contribution in [1.82, 2.24) is 0 Å². The van der Waals surface area contributed by atoms with Gasteiger partial charge in [0.05, 0.1) is 17.1 Å². The lowest BCUT2D eigenvalue weighted by Crippen LogP contribution is -2.65. The highest BCUT2D eigenvalue weighted by molar-refractivity contribution is 7.03. The maximum absolute atomic E-state index is 2.97. The van der Waals surface area contributed by atoms with E-state index in [1.165, 1.54) is 176 Å². The number of hydrogen-bond donors (Lipinski definition) is 0. The Kier molecular flexibility index (Phi) is 12.2. The Labute approximate surface area is 525 Å². The zero-order valence-electron chi connectivity index (χ0n) is 50.8. The fourth-order valence-electron chi connectivity index (χ4n) is 17.4. The number of benzene rings is 11. The van der Waals surface area contributed by atoms with Crippen molar-refractivity contribution in [2.75, 3.05) is 29.4 Å². The predicted molar refractivity (Wildman–Crippen MR) is 378 cm³/mol. The highest BCUT2D eigenvalue weighted by Crippen LogP contribution is 2.56. The molecule has 18 rings (SSSR count). The van der Waals surface area contributed by atoms with Gasteiger partial charge in [-0.1, -0.05) is 204 Å². The third-order valence-electron chi connectivity index (χ3n) is 21.2. The van der Waals surface area contributed by atoms with Crippen molar-refractivity contribution >= 4 is 137 Å². The number of hydrogen-bond acceptors (Lipinski definition) is 6. The summed E-state index contributed by atoms with van der Waals surface area (Å²) in [6.45, 7) is 4.59. The van der Waals surface area contributed by atoms with Crippen LogP contribution in [0.15, 0.2) is 255 Å². The van der Waals surface area contributed by atoms with Gasteiger partial charge in [-0.3, -0.25) is 0 Å². The SMILES string of the molecule is CC1(C)c2ccccc2N(c2cc3c4c(c2)N(c2ccccc2)c2cc5c(cc2B4c2ccccc2N3c2ccccc2)B2c3ccccc3N(c3ccccc3)c3cc(N(C4CCCCC4)C4CCCCC4)cc(c32)N5c2ccccc2)c2ccccc21. The van der Waals surface area contributed by atoms with E-state index in [4.69, 9.17) is 0 Å². The topological polar surface area (TPSA) is 19.4 Å². The number of para-hydroxylation sites is 8. The molecule has 0 aromatic heterocycles. The largest absolute Gasteiger partial charge is 0.365 e. The van der Waals surface area contributed by atoms with Crippen LogP contribution in [0.5, 0.6) is 0 Å². The van der Waals surface area contributed by atoms with Gasteiger partial charge in [0.25, 0.3) is 13.4 Å². The Balaban J connectivity index is 0.948. The minimum atomic E-state index is -0.214. The third-order valence-corrected chi connectivity index (χ3v) is 21.2. The lowest BCUT2D eigenvalue weighted by Gasteiger charge is -2.49. The summed E-state index contributed by atoms with van der Waals surface area (Å²) < 4.78 is 0. The number of anilines is 16. The lowest BCUT2D eigenvalue weighted by molar-refractivity contribution is 0.340. The third kappa shape index (κ3) is 8.04. The van der Waals surface area contributed by atoms with Gasteiger partial charge in [-0.25, -0.2) is 0 Å². The van der Waals surface area contributed by atoms with Gasteiger partial charge < -0.3 is 29.4 Å². The molecule has 0 bridgehead atoms. The Morgan fingerprint density at radius 1 is 0.292 bits per heavy atom. The number of nitrogens with zero attached hydrogens (tertiary/aromatic N) is 6. The zero-order chi connectivity index (χ0) is 58.9. The summed E-state index contributed by atoms with van der Waals surface area (Å²) in [5.41, 5.74) is 29.6. The standard InChI is InChI=1S/C81H70B2N6/c1-81(2)63-41-21-25-45-69(63)89(70-46-26-22-42-64(70)81)62-51-76-80-78(52-62)88(60-39-19-8-20-40-60)74-54-73-67(53-68(74)83(80)66-44-24-28-48-72(66)86(76)58-35-15-6-16-36-58)82-65-43-23-27-47-71(65)85(57-33-13-5-14-34-57)75-49-61(50-77(79(75)82)87(73)59-37-17-7-18-38-59)84(55-29-9-3-10-30-55)56-31-11-4-12-32-56/h5-8,13-28,33-56H,3-4,9-12,29-32H2,1-2H3. The molecule has 430 valence electrons. The van der Waals surface area contributed by atoms with Crippen LogP contribution in [0.4, 0.5) is 91.0 Å². The van der Waals surface area contributed by atoms with Gasteiger partial charge >= 0.3 is 0 Å². The fourth-order valence-corrected chi connectivity index (χ4v) is 17.4. The Morgan fingerprint density at radius 3 is 1.02 bits per heavy atom. The van der Waals surface area contributed by atoms with E-state index >= 15 is 0 Å². The average molecular weight is 1150 g/mol. The van der Waals surface area contributed by atoms with Crippen LogP contribution in [-0.4, -0.2) is 25.5 Å². The first-order valence-electron chi connectivity index (χ1n) is 32.9. The minimum Gasteiger partial charge on any atom is -0.365 e. The van der Waals surface area contributed by atoms with Crippen LogP contribution in [0.2, 0.25) is 0 Å². The minimum absolute atomic E-state index is 0.0696. The van der Waals surface area contributed by atoms with Gasteiger partial charge in [-0.15, -0.1) is 0 Å². The van der Waals surface area contributed by atoms with Crippen molar-refractivity contribution in [3.05, 3.63) is 266 Å². The smallest absolute Gasteiger partial charge is 0.252 e. The summed E-state index contributed by atoms with van der Waals surface area (Å²) in [6.07, 6.45) is 12.8. The summed E-state index contributed by atoms with van der Waals surface area (Å²) in [6, 6.07) is 98.5. The average Bonchev–Trinajstić information content (AvgIpc) is 0.725. The highest BCUT2D eigenvalue weighted by atomic mass is 15.2. The maximum Gasteiger partial charge on any atom is 0.252 e. The van der Waals surface area contributed by atoms with Crippen molar-refractivity contribution in [2.24, 2.45) is 0 Å². The molecule has 7 aliphatic rings. The molecule has 0 spiro atoms. The van der Waals surface area contributed by atoms with Gasteiger partial charge in [0.15, 0.2) is 0 Å². The predicted octanol–water partition coefficient (Wildman–Crippen LogP) is 17.4. The molecule has 6 nitrogen and oxygen atoms in total. The molecule has 0 saturated heterocycles. The first kappa shape index (κ1) is 52.5. The van der Waals surface area contributed by atoms with E-state index in [-0.39, 0.29) is 18.8 Å². The summed E-state index contributed by atoms with van der Waals surface area (Å²) in [7, 11) is 0. The Bertz CT molecular complexity index is 4490. The molecule has 11 aromatic carbocycles. The molecule has 2 saturated carbocycles. The summed E-state index contributed by atoms with van der Waals surface area (Å²) >= 11 is 0. The van der Waals surface area contributed by atoms with Crippen molar-refractivity contribution in [1.29, 1.82) is 0 Å². The van der Waals surface area contributed by atoms with Crippen LogP contribution in [-0.2, 0) is 5.41 Å². The van der Waals surface area contributed by atoms with Crippen LogP contribution in [0.25, 0.3) is 0 Å². The molecular formula is C81H70B2N6. The molecule has 11 aromatic rings. The van der Waals surface area contributed by atoms with E-state index < -0.39 is 0 Å². The molecule has 5 heterocycles. The van der Waals surface area contributed by atoms with E-state index in [0.29, 0.717) is 12.1 Å². The lowest BCUT2D eigenvalue weighted by atomic mass is 9.30. The van der Waals surface area contributed by atoms with Gasteiger partial charge in [0.2, 0.25) is 0 Å². The van der Waals surface area contributed by atoms with Crippen molar-refractivity contribution < 1.29 is 0 Å². The molecular weight excluding hydrogens is 1080 g/mol. The number of rotatable bonds is 8. The first-order chi connectivity index (χ1) is 44.0. The molecule has 0 N–H and O–H groups in total. The van der Waals surface area contributed by atoms with E-state index in [1.807, 2.05) is 0 Å². The van der Waals surface area contributed by atoms with Crippen LogP contribution in [0.3, 0.4) is 0 Å². The van der Waals surface area contributed by atoms with Gasteiger partial charge in [0.1, 0.15) is 0 Å². The number of fused-ring (bicyclic) bond motifs is 10. The van der Waals surface area contributed by atoms with Crippen molar-refractivity contribution in [3.8, 4) is 0 Å². The van der Waals surface area contributed by atoms with E-state index in [9.17, 15) is 0 Å². The van der Waals surface area contributed by atoms with Crippen LogP contribution in [0.1, 0.15) is 89.2 Å². The molecule has 8 heteroatoms. The van der Waals surface area contributed by atoms with E-state index in [0.717, 1.165) is 22.7 Å². The molecule has 0 amide bonds. The molecule has 0 unspecified atom stereocenters. The summed E-state index contributed by atoms with van der Waals surface area (Å²) in [5.74, 6) is 0. The molecule has 89 heavy (non-hydrogen) atoms. The highest BCUT2D eigenvalue weighted by Gasteiger charge is 2.50. The molecule has 2 aliphatic carbocycles. The molecule has 0 atom stereocenters. The zero-order valence-corrected chi connectivity index (χ0v) is 50.8.